The fourth-order valence-electron chi connectivity index (χ4n) is 2.86. The molecule has 0 aliphatic carbocycles. The van der Waals surface area contributed by atoms with Gasteiger partial charge in [-0.1, -0.05) is 0 Å². The molecule has 2 fully saturated rings. The number of piperidine rings is 1. The molecule has 2 unspecified atom stereocenters. The Morgan fingerprint density at radius 3 is 2.88 bits per heavy atom. The number of likely N-dealkylation sites (N-methyl/N-ethyl adjacent to an activating group) is 1. The van der Waals surface area contributed by atoms with Gasteiger partial charge >= 0.3 is 0 Å². The minimum atomic E-state index is 0.734. The van der Waals surface area contributed by atoms with Gasteiger partial charge in [0.25, 0.3) is 0 Å². The van der Waals surface area contributed by atoms with Crippen LogP contribution < -0.4 is 5.32 Å². The van der Waals surface area contributed by atoms with Gasteiger partial charge in [0.1, 0.15) is 0 Å². The molecule has 0 radical (unpaired) electrons. The summed E-state index contributed by atoms with van der Waals surface area (Å²) in [6, 6.07) is 0.734. The highest BCUT2D eigenvalue weighted by molar-refractivity contribution is 4.78. The van der Waals surface area contributed by atoms with Crippen LogP contribution in [0.2, 0.25) is 0 Å². The first-order valence-corrected chi connectivity index (χ1v) is 6.89. The highest BCUT2D eigenvalue weighted by Gasteiger charge is 2.21. The maximum Gasteiger partial charge on any atom is 0.0192 e. The van der Waals surface area contributed by atoms with Crippen molar-refractivity contribution in [1.82, 2.24) is 15.1 Å². The Morgan fingerprint density at radius 2 is 2.19 bits per heavy atom. The Morgan fingerprint density at radius 1 is 1.31 bits per heavy atom. The molecule has 2 saturated heterocycles. The summed E-state index contributed by atoms with van der Waals surface area (Å²) in [5.74, 6) is 0.934. The maximum absolute atomic E-state index is 3.51. The first-order valence-electron chi connectivity index (χ1n) is 6.89. The van der Waals surface area contributed by atoms with Crippen molar-refractivity contribution in [3.63, 3.8) is 0 Å². The van der Waals surface area contributed by atoms with Crippen LogP contribution in [0.15, 0.2) is 0 Å². The summed E-state index contributed by atoms with van der Waals surface area (Å²) in [6.07, 6.45) is 4.21. The molecule has 94 valence electrons. The van der Waals surface area contributed by atoms with Crippen LogP contribution in [0, 0.1) is 5.92 Å². The van der Waals surface area contributed by atoms with Crippen molar-refractivity contribution in [3.05, 3.63) is 0 Å². The number of hydrogen-bond donors (Lipinski definition) is 1. The lowest BCUT2D eigenvalue weighted by Crippen LogP contribution is -2.50. The maximum atomic E-state index is 3.51. The summed E-state index contributed by atoms with van der Waals surface area (Å²) in [6.45, 7) is 9.91. The average molecular weight is 225 g/mol. The fraction of sp³-hybridized carbons (Fsp3) is 1.00. The van der Waals surface area contributed by atoms with E-state index in [-0.39, 0.29) is 0 Å². The van der Waals surface area contributed by atoms with Crippen LogP contribution in [-0.4, -0.2) is 62.2 Å². The molecule has 0 aromatic rings. The number of hydrogen-bond acceptors (Lipinski definition) is 3. The van der Waals surface area contributed by atoms with E-state index < -0.39 is 0 Å². The third-order valence-electron chi connectivity index (χ3n) is 4.30. The van der Waals surface area contributed by atoms with Crippen LogP contribution >= 0.6 is 0 Å². The first-order chi connectivity index (χ1) is 7.75. The lowest BCUT2D eigenvalue weighted by atomic mass is 9.96. The second-order valence-corrected chi connectivity index (χ2v) is 5.63. The summed E-state index contributed by atoms with van der Waals surface area (Å²) in [7, 11) is 2.24. The lowest BCUT2D eigenvalue weighted by molar-refractivity contribution is 0.0988. The predicted molar refractivity (Wildman–Crippen MR) is 68.7 cm³/mol. The van der Waals surface area contributed by atoms with Gasteiger partial charge in [0.2, 0.25) is 0 Å². The minimum Gasteiger partial charge on any atom is -0.316 e. The highest BCUT2D eigenvalue weighted by Crippen LogP contribution is 2.16. The van der Waals surface area contributed by atoms with Gasteiger partial charge in [-0.2, -0.15) is 0 Å². The van der Waals surface area contributed by atoms with Crippen molar-refractivity contribution in [2.75, 3.05) is 46.3 Å². The van der Waals surface area contributed by atoms with Crippen LogP contribution in [0.3, 0.4) is 0 Å². The van der Waals surface area contributed by atoms with Gasteiger partial charge in [0.15, 0.2) is 0 Å². The lowest BCUT2D eigenvalue weighted by Gasteiger charge is -2.38. The van der Waals surface area contributed by atoms with Crippen molar-refractivity contribution in [2.45, 2.75) is 32.2 Å². The zero-order valence-corrected chi connectivity index (χ0v) is 10.9. The average Bonchev–Trinajstić information content (AvgIpc) is 2.32. The van der Waals surface area contributed by atoms with Crippen molar-refractivity contribution in [2.24, 2.45) is 5.92 Å². The summed E-state index contributed by atoms with van der Waals surface area (Å²) in [5, 5.41) is 3.51. The third-order valence-corrected chi connectivity index (χ3v) is 4.30. The van der Waals surface area contributed by atoms with E-state index in [1.165, 1.54) is 58.5 Å². The quantitative estimate of drug-likeness (QED) is 0.773. The number of nitrogens with one attached hydrogen (secondary N) is 1. The number of nitrogens with zero attached hydrogens (tertiary/aromatic N) is 2. The predicted octanol–water partition coefficient (Wildman–Crippen LogP) is 1.01. The monoisotopic (exact) mass is 225 g/mol. The zero-order chi connectivity index (χ0) is 11.4. The highest BCUT2D eigenvalue weighted by atomic mass is 15.3. The normalized spacial score (nSPS) is 34.1. The molecule has 1 N–H and O–H groups in total. The van der Waals surface area contributed by atoms with E-state index in [9.17, 15) is 0 Å². The zero-order valence-electron chi connectivity index (χ0n) is 10.9. The Bertz CT molecular complexity index is 201. The van der Waals surface area contributed by atoms with Crippen LogP contribution in [0.4, 0.5) is 0 Å². The van der Waals surface area contributed by atoms with Crippen LogP contribution in [0.25, 0.3) is 0 Å². The summed E-state index contributed by atoms with van der Waals surface area (Å²) < 4.78 is 0. The van der Waals surface area contributed by atoms with E-state index >= 15 is 0 Å². The molecule has 0 spiro atoms. The van der Waals surface area contributed by atoms with Gasteiger partial charge < -0.3 is 15.1 Å². The SMILES string of the molecule is CC1CN(CCC2CCCNC2)CCN1C. The molecule has 16 heavy (non-hydrogen) atoms. The topological polar surface area (TPSA) is 18.5 Å². The molecule has 3 heteroatoms. The van der Waals surface area contributed by atoms with Gasteiger partial charge in [-0.05, 0) is 58.8 Å². The molecule has 2 aliphatic heterocycles. The standard InChI is InChI=1S/C13H27N3/c1-12-11-16(9-8-15(12)2)7-5-13-4-3-6-14-10-13/h12-14H,3-11H2,1-2H3. The largest absolute Gasteiger partial charge is 0.316 e. The molecule has 3 nitrogen and oxygen atoms in total. The molecule has 0 saturated carbocycles. The Balaban J connectivity index is 1.65. The Kier molecular flexibility index (Phi) is 4.62. The van der Waals surface area contributed by atoms with E-state index in [4.69, 9.17) is 0 Å². The molecule has 2 heterocycles. The third kappa shape index (κ3) is 3.44. The van der Waals surface area contributed by atoms with Gasteiger partial charge in [0.05, 0.1) is 0 Å². The second-order valence-electron chi connectivity index (χ2n) is 5.63. The van der Waals surface area contributed by atoms with Crippen molar-refractivity contribution in [3.8, 4) is 0 Å². The molecule has 0 aromatic heterocycles. The van der Waals surface area contributed by atoms with E-state index in [0.29, 0.717) is 0 Å². The number of piperazine rings is 1. The van der Waals surface area contributed by atoms with Gasteiger partial charge in [-0.15, -0.1) is 0 Å². The molecular weight excluding hydrogens is 198 g/mol. The summed E-state index contributed by atoms with van der Waals surface area (Å²) >= 11 is 0. The molecule has 2 rings (SSSR count). The van der Waals surface area contributed by atoms with E-state index in [1.807, 2.05) is 0 Å². The fourth-order valence-corrected chi connectivity index (χ4v) is 2.86. The Hall–Kier alpha value is -0.120. The van der Waals surface area contributed by atoms with Crippen molar-refractivity contribution >= 4 is 0 Å². The molecule has 2 aliphatic rings. The first kappa shape index (κ1) is 12.3. The second kappa shape index (κ2) is 5.99. The summed E-state index contributed by atoms with van der Waals surface area (Å²) in [4.78, 5) is 5.12. The molecular formula is C13H27N3. The smallest absolute Gasteiger partial charge is 0.0192 e. The van der Waals surface area contributed by atoms with Gasteiger partial charge in [-0.25, -0.2) is 0 Å². The molecule has 0 aromatic carbocycles. The van der Waals surface area contributed by atoms with E-state index in [0.717, 1.165) is 12.0 Å². The van der Waals surface area contributed by atoms with E-state index in [2.05, 4.69) is 29.1 Å². The van der Waals surface area contributed by atoms with Gasteiger partial charge in [0, 0.05) is 25.7 Å². The minimum absolute atomic E-state index is 0.734. The van der Waals surface area contributed by atoms with Crippen molar-refractivity contribution < 1.29 is 0 Å². The van der Waals surface area contributed by atoms with Gasteiger partial charge in [-0.3, -0.25) is 0 Å². The summed E-state index contributed by atoms with van der Waals surface area (Å²) in [5.41, 5.74) is 0. The Labute approximate surface area is 100 Å². The van der Waals surface area contributed by atoms with Crippen LogP contribution in [0.5, 0.6) is 0 Å². The van der Waals surface area contributed by atoms with Crippen molar-refractivity contribution in [1.29, 1.82) is 0 Å². The molecule has 0 amide bonds. The molecule has 2 atom stereocenters. The number of rotatable bonds is 3. The van der Waals surface area contributed by atoms with Crippen LogP contribution in [-0.2, 0) is 0 Å². The van der Waals surface area contributed by atoms with E-state index in [1.54, 1.807) is 0 Å². The molecule has 0 bridgehead atoms. The van der Waals surface area contributed by atoms with Crippen LogP contribution in [0.1, 0.15) is 26.2 Å².